The molecular formula is C9H12ClN3O5. The monoisotopic (exact) mass is 277 g/mol. The van der Waals surface area contributed by atoms with Crippen molar-refractivity contribution >= 4 is 17.4 Å². The molecule has 100 valence electrons. The standard InChI is InChI=1S/C9H12ClN3O5/c10-4-2-13(9(16)11-8(4)12-17)7-1-5(15)6(3-14)18-7/h2,5-7,14-15,17H,1,3H2,(H,11,12,16)/t5-,6+,7+/m0/s1. The summed E-state index contributed by atoms with van der Waals surface area (Å²) in [6.07, 6.45) is -0.957. The summed E-state index contributed by atoms with van der Waals surface area (Å²) < 4.78 is 6.40. The molecule has 18 heavy (non-hydrogen) atoms. The molecule has 0 aromatic carbocycles. The van der Waals surface area contributed by atoms with Gasteiger partial charge in [0.1, 0.15) is 17.4 Å². The molecule has 3 atom stereocenters. The minimum absolute atomic E-state index is 0.0302. The van der Waals surface area contributed by atoms with Crippen molar-refractivity contribution in [2.24, 2.45) is 0 Å². The topological polar surface area (TPSA) is 117 Å². The smallest absolute Gasteiger partial charge is 0.351 e. The lowest BCUT2D eigenvalue weighted by molar-refractivity contribution is -0.0458. The molecule has 0 unspecified atom stereocenters. The number of ether oxygens (including phenoxy) is 1. The Morgan fingerprint density at radius 1 is 1.67 bits per heavy atom. The van der Waals surface area contributed by atoms with Gasteiger partial charge in [0.2, 0.25) is 0 Å². The Bertz CT molecular complexity index is 494. The highest BCUT2D eigenvalue weighted by Gasteiger charge is 2.35. The number of hydrogen-bond acceptors (Lipinski definition) is 7. The van der Waals surface area contributed by atoms with Crippen molar-refractivity contribution < 1.29 is 20.2 Å². The maximum Gasteiger partial charge on any atom is 0.351 e. The van der Waals surface area contributed by atoms with Crippen molar-refractivity contribution in [1.29, 1.82) is 0 Å². The third-order valence-electron chi connectivity index (χ3n) is 2.71. The molecule has 0 aliphatic carbocycles. The van der Waals surface area contributed by atoms with E-state index >= 15 is 0 Å². The Labute approximate surface area is 106 Å². The fraction of sp³-hybridized carbons (Fsp3) is 0.556. The minimum atomic E-state index is -0.860. The molecule has 0 spiro atoms. The lowest BCUT2D eigenvalue weighted by Crippen LogP contribution is -2.28. The van der Waals surface area contributed by atoms with Crippen LogP contribution in [0.25, 0.3) is 0 Å². The number of aromatic nitrogens is 2. The molecule has 1 aliphatic heterocycles. The zero-order valence-electron chi connectivity index (χ0n) is 9.15. The molecule has 1 aromatic rings. The third-order valence-corrected chi connectivity index (χ3v) is 2.98. The molecule has 8 nitrogen and oxygen atoms in total. The van der Waals surface area contributed by atoms with Gasteiger partial charge in [-0.15, -0.1) is 0 Å². The fourth-order valence-electron chi connectivity index (χ4n) is 1.78. The normalized spacial score (nSPS) is 27.4. The maximum absolute atomic E-state index is 11.7. The van der Waals surface area contributed by atoms with Gasteiger partial charge in [0.15, 0.2) is 5.82 Å². The Morgan fingerprint density at radius 3 is 2.94 bits per heavy atom. The molecule has 4 N–H and O–H groups in total. The van der Waals surface area contributed by atoms with Crippen molar-refractivity contribution in [3.05, 3.63) is 21.7 Å². The van der Waals surface area contributed by atoms with E-state index in [1.54, 1.807) is 5.48 Å². The molecule has 9 heteroatoms. The summed E-state index contributed by atoms with van der Waals surface area (Å²) in [6, 6.07) is 0. The van der Waals surface area contributed by atoms with E-state index in [1.807, 2.05) is 0 Å². The molecule has 1 saturated heterocycles. The van der Waals surface area contributed by atoms with Gasteiger partial charge < -0.3 is 14.9 Å². The molecule has 0 amide bonds. The van der Waals surface area contributed by atoms with Gasteiger partial charge >= 0.3 is 5.69 Å². The second kappa shape index (κ2) is 5.21. The van der Waals surface area contributed by atoms with Crippen LogP contribution in [0.1, 0.15) is 12.6 Å². The first kappa shape index (κ1) is 13.2. The van der Waals surface area contributed by atoms with E-state index in [-0.39, 0.29) is 23.9 Å². The van der Waals surface area contributed by atoms with Crippen LogP contribution in [-0.4, -0.2) is 43.8 Å². The highest BCUT2D eigenvalue weighted by Crippen LogP contribution is 2.28. The Morgan fingerprint density at radius 2 is 2.39 bits per heavy atom. The Kier molecular flexibility index (Phi) is 3.83. The molecular weight excluding hydrogens is 266 g/mol. The predicted molar refractivity (Wildman–Crippen MR) is 60.5 cm³/mol. The van der Waals surface area contributed by atoms with Crippen molar-refractivity contribution in [2.75, 3.05) is 12.1 Å². The SMILES string of the molecule is O=c1nc(NO)c(Cl)cn1[C@H]1C[C@H](O)[C@@H](CO)O1. The third kappa shape index (κ3) is 2.33. The van der Waals surface area contributed by atoms with E-state index in [2.05, 4.69) is 4.98 Å². The van der Waals surface area contributed by atoms with Gasteiger partial charge in [0.25, 0.3) is 0 Å². The van der Waals surface area contributed by atoms with Crippen molar-refractivity contribution in [3.8, 4) is 0 Å². The molecule has 0 bridgehead atoms. The summed E-state index contributed by atoms with van der Waals surface area (Å²) >= 11 is 5.77. The molecule has 0 saturated carbocycles. The predicted octanol–water partition coefficient (Wildman–Crippen LogP) is -0.662. The van der Waals surface area contributed by atoms with Gasteiger partial charge in [-0.2, -0.15) is 4.98 Å². The van der Waals surface area contributed by atoms with Crippen molar-refractivity contribution in [1.82, 2.24) is 9.55 Å². The van der Waals surface area contributed by atoms with E-state index < -0.39 is 24.1 Å². The average Bonchev–Trinajstić information content (AvgIpc) is 2.72. The first-order valence-electron chi connectivity index (χ1n) is 5.20. The van der Waals surface area contributed by atoms with Crippen LogP contribution in [0, 0.1) is 0 Å². The van der Waals surface area contributed by atoms with E-state index in [0.29, 0.717) is 0 Å². The summed E-state index contributed by atoms with van der Waals surface area (Å²) in [5.41, 5.74) is 1.01. The van der Waals surface area contributed by atoms with Crippen LogP contribution in [0.3, 0.4) is 0 Å². The van der Waals surface area contributed by atoms with Crippen LogP contribution in [0.4, 0.5) is 5.82 Å². The Balaban J connectivity index is 2.30. The van der Waals surface area contributed by atoms with Crippen molar-refractivity contribution in [3.63, 3.8) is 0 Å². The van der Waals surface area contributed by atoms with Crippen LogP contribution in [0.5, 0.6) is 0 Å². The Hall–Kier alpha value is -1.19. The highest BCUT2D eigenvalue weighted by atomic mass is 35.5. The second-order valence-corrected chi connectivity index (χ2v) is 4.26. The largest absolute Gasteiger partial charge is 0.394 e. The summed E-state index contributed by atoms with van der Waals surface area (Å²) in [6.45, 7) is -0.343. The first-order chi connectivity index (χ1) is 8.56. The quantitative estimate of drug-likeness (QED) is 0.542. The molecule has 1 aromatic heterocycles. The zero-order valence-corrected chi connectivity index (χ0v) is 9.91. The van der Waals surface area contributed by atoms with E-state index in [4.69, 9.17) is 26.7 Å². The average molecular weight is 278 g/mol. The summed E-state index contributed by atoms with van der Waals surface area (Å²) in [5, 5.41) is 27.2. The number of nitrogens with zero attached hydrogens (tertiary/aromatic N) is 2. The van der Waals surface area contributed by atoms with Gasteiger partial charge in [0, 0.05) is 12.6 Å². The van der Waals surface area contributed by atoms with Gasteiger partial charge in [-0.3, -0.25) is 15.3 Å². The van der Waals surface area contributed by atoms with Crippen LogP contribution in [-0.2, 0) is 4.74 Å². The fourth-order valence-corrected chi connectivity index (χ4v) is 1.97. The minimum Gasteiger partial charge on any atom is -0.394 e. The highest BCUT2D eigenvalue weighted by molar-refractivity contribution is 6.32. The van der Waals surface area contributed by atoms with Gasteiger partial charge in [0.05, 0.1) is 12.7 Å². The van der Waals surface area contributed by atoms with E-state index in [0.717, 1.165) is 4.57 Å². The van der Waals surface area contributed by atoms with Gasteiger partial charge in [-0.1, -0.05) is 11.6 Å². The van der Waals surface area contributed by atoms with Crippen molar-refractivity contribution in [2.45, 2.75) is 24.9 Å². The summed E-state index contributed by atoms with van der Waals surface area (Å²) in [7, 11) is 0. The molecule has 0 radical (unpaired) electrons. The zero-order chi connectivity index (χ0) is 13.3. The molecule has 1 aliphatic rings. The lowest BCUT2D eigenvalue weighted by atomic mass is 10.2. The van der Waals surface area contributed by atoms with Gasteiger partial charge in [-0.05, 0) is 0 Å². The number of hydrogen-bond donors (Lipinski definition) is 4. The number of rotatable bonds is 3. The van der Waals surface area contributed by atoms with Crippen LogP contribution in [0.15, 0.2) is 11.0 Å². The molecule has 2 heterocycles. The first-order valence-corrected chi connectivity index (χ1v) is 5.57. The number of aliphatic hydroxyl groups excluding tert-OH is 2. The number of halogens is 1. The summed E-state index contributed by atoms with van der Waals surface area (Å²) in [4.78, 5) is 15.2. The van der Waals surface area contributed by atoms with E-state index in [1.165, 1.54) is 6.20 Å². The number of anilines is 1. The van der Waals surface area contributed by atoms with E-state index in [9.17, 15) is 9.90 Å². The van der Waals surface area contributed by atoms with Crippen LogP contribution >= 0.6 is 11.6 Å². The van der Waals surface area contributed by atoms with Crippen LogP contribution in [0.2, 0.25) is 5.02 Å². The lowest BCUT2D eigenvalue weighted by Gasteiger charge is -2.15. The number of aliphatic hydroxyl groups is 2. The second-order valence-electron chi connectivity index (χ2n) is 3.85. The molecule has 1 fully saturated rings. The maximum atomic E-state index is 11.7. The molecule has 2 rings (SSSR count). The number of nitrogens with one attached hydrogen (secondary N) is 1. The van der Waals surface area contributed by atoms with Gasteiger partial charge in [-0.25, -0.2) is 4.79 Å². The van der Waals surface area contributed by atoms with Crippen LogP contribution < -0.4 is 11.2 Å². The summed E-state index contributed by atoms with van der Waals surface area (Å²) in [5.74, 6) is -0.157.